The maximum Gasteiger partial charge on any atom is 1.00 e. The van der Waals surface area contributed by atoms with Crippen LogP contribution in [0.1, 0.15) is 10.4 Å². The van der Waals surface area contributed by atoms with Crippen molar-refractivity contribution in [3.63, 3.8) is 0 Å². The Bertz CT molecular complexity index is 443. The fourth-order valence-corrected chi connectivity index (χ4v) is 1.42. The van der Waals surface area contributed by atoms with Crippen molar-refractivity contribution in [2.45, 2.75) is 4.90 Å². The van der Waals surface area contributed by atoms with E-state index in [1.165, 1.54) is 24.3 Å². The van der Waals surface area contributed by atoms with Crippen LogP contribution in [0.2, 0.25) is 0 Å². The SMILES string of the molecule is CS(=O)(=O)c1ccc(C=O)cc1.O=CO[O-].[Cs+].[Cs]. The van der Waals surface area contributed by atoms with Gasteiger partial charge < -0.3 is 10.1 Å². The molecular weight excluding hydrogens is 502 g/mol. The summed E-state index contributed by atoms with van der Waals surface area (Å²) in [7, 11) is -3.14. The average Bonchev–Trinajstić information content (AvgIpc) is 2.28. The van der Waals surface area contributed by atoms with E-state index >= 15 is 0 Å². The van der Waals surface area contributed by atoms with Crippen molar-refractivity contribution < 1.29 is 97.0 Å². The molecule has 0 bridgehead atoms. The van der Waals surface area contributed by atoms with Gasteiger partial charge >= 0.3 is 68.9 Å². The van der Waals surface area contributed by atoms with E-state index in [2.05, 4.69) is 4.89 Å². The second-order valence-electron chi connectivity index (χ2n) is 2.65. The summed E-state index contributed by atoms with van der Waals surface area (Å²) in [6, 6.07) is 5.78. The van der Waals surface area contributed by atoms with Crippen LogP contribution in [-0.2, 0) is 19.5 Å². The molecule has 0 saturated heterocycles. The summed E-state index contributed by atoms with van der Waals surface area (Å²) in [5, 5.41) is 8.43. The van der Waals surface area contributed by atoms with Gasteiger partial charge in [0, 0.05) is 80.7 Å². The minimum absolute atomic E-state index is 0. The first-order valence-electron chi connectivity index (χ1n) is 3.93. The van der Waals surface area contributed by atoms with Crippen LogP contribution < -0.4 is 74.2 Å². The van der Waals surface area contributed by atoms with Crippen molar-refractivity contribution in [2.75, 3.05) is 6.26 Å². The van der Waals surface area contributed by atoms with Gasteiger partial charge in [-0.2, -0.15) is 0 Å². The second-order valence-corrected chi connectivity index (χ2v) is 4.67. The monoisotopic (exact) mass is 511 g/mol. The normalized spacial score (nSPS) is 8.56. The maximum atomic E-state index is 10.9. The van der Waals surface area contributed by atoms with Crippen LogP contribution in [0.25, 0.3) is 0 Å². The molecule has 6 nitrogen and oxygen atoms in total. The molecule has 9 heteroatoms. The van der Waals surface area contributed by atoms with E-state index < -0.39 is 9.84 Å². The Kier molecular flexibility index (Phi) is 20.2. The number of sulfone groups is 1. The van der Waals surface area contributed by atoms with E-state index in [0.29, 0.717) is 11.8 Å². The first-order chi connectivity index (χ1) is 7.45. The average molecular weight is 511 g/mol. The molecule has 0 amide bonds. The molecule has 0 aromatic heterocycles. The zero-order valence-electron chi connectivity index (χ0n) is 10.3. The van der Waals surface area contributed by atoms with E-state index in [0.717, 1.165) is 6.26 Å². The minimum Gasteiger partial charge on any atom is -0.662 e. The molecule has 1 rings (SSSR count). The van der Waals surface area contributed by atoms with Crippen molar-refractivity contribution >= 4 is 91.5 Å². The second kappa shape index (κ2) is 14.3. The van der Waals surface area contributed by atoms with Crippen LogP contribution in [0.4, 0.5) is 0 Å². The van der Waals surface area contributed by atoms with Crippen molar-refractivity contribution in [3.8, 4) is 0 Å². The number of benzene rings is 1. The van der Waals surface area contributed by atoms with Crippen molar-refractivity contribution in [1.29, 1.82) is 0 Å². The Balaban J connectivity index is -0.000000332. The Hall–Kier alpha value is 2.37. The third-order valence-corrected chi connectivity index (χ3v) is 2.61. The number of hydrogen-bond donors (Lipinski definition) is 0. The van der Waals surface area contributed by atoms with Gasteiger partial charge in [-0.3, -0.25) is 9.59 Å². The molecule has 0 saturated carbocycles. The molecule has 0 fully saturated rings. The first kappa shape index (κ1) is 25.3. The predicted molar refractivity (Wildman–Crippen MR) is 57.8 cm³/mol. The third kappa shape index (κ3) is 12.1. The summed E-state index contributed by atoms with van der Waals surface area (Å²) in [6.07, 6.45) is 1.80. The maximum absolute atomic E-state index is 10.9. The number of rotatable bonds is 3. The Morgan fingerprint density at radius 3 is 1.78 bits per heavy atom. The molecule has 1 radical (unpaired) electrons. The van der Waals surface area contributed by atoms with Crippen molar-refractivity contribution in [3.05, 3.63) is 29.8 Å². The smallest absolute Gasteiger partial charge is 0.662 e. The molecule has 89 valence electrons. The molecule has 0 aliphatic carbocycles. The first-order valence-corrected chi connectivity index (χ1v) is 5.82. The topological polar surface area (TPSA) is 101 Å². The van der Waals surface area contributed by atoms with Crippen LogP contribution in [-0.4, -0.2) is 96.3 Å². The molecule has 0 N–H and O–H groups in total. The number of aldehydes is 1. The van der Waals surface area contributed by atoms with Crippen LogP contribution in [0.3, 0.4) is 0 Å². The summed E-state index contributed by atoms with van der Waals surface area (Å²) in [4.78, 5) is 21.7. The van der Waals surface area contributed by atoms with Crippen LogP contribution >= 0.6 is 0 Å². The van der Waals surface area contributed by atoms with E-state index in [1.54, 1.807) is 0 Å². The minimum atomic E-state index is -3.14. The fourth-order valence-electron chi connectivity index (χ4n) is 0.794. The summed E-state index contributed by atoms with van der Waals surface area (Å²) < 4.78 is 21.9. The largest absolute Gasteiger partial charge is 1.00 e. The van der Waals surface area contributed by atoms with Crippen molar-refractivity contribution in [2.24, 2.45) is 0 Å². The molecule has 1 aromatic carbocycles. The van der Waals surface area contributed by atoms with E-state index in [4.69, 9.17) is 10.1 Å². The summed E-state index contributed by atoms with van der Waals surface area (Å²) in [5.41, 5.74) is 0.474. The van der Waals surface area contributed by atoms with Gasteiger partial charge in [-0.05, 0) is 12.1 Å². The van der Waals surface area contributed by atoms with Gasteiger partial charge in [0.1, 0.15) is 6.29 Å². The third-order valence-electron chi connectivity index (χ3n) is 1.48. The molecule has 0 spiro atoms. The van der Waals surface area contributed by atoms with Gasteiger partial charge in [-0.1, -0.05) is 12.1 Å². The molecular formula is C9H9Cs2O6S. The zero-order valence-corrected chi connectivity index (χ0v) is 23.7. The van der Waals surface area contributed by atoms with Gasteiger partial charge in [0.05, 0.1) is 4.90 Å². The van der Waals surface area contributed by atoms with Crippen LogP contribution in [0.5, 0.6) is 0 Å². The van der Waals surface area contributed by atoms with Gasteiger partial charge in [-0.25, -0.2) is 8.42 Å². The summed E-state index contributed by atoms with van der Waals surface area (Å²) in [5.74, 6) is 0. The standard InChI is InChI=1S/C8H8O3S.CH2O3.2Cs/c1-12(10,11)8-4-2-7(6-9)3-5-8;2-1-4-3;;/h2-6H,1H3;1,3H;;/q;;;+1/p-1. The number of hydrogen-bond acceptors (Lipinski definition) is 6. The predicted octanol–water partition coefficient (Wildman–Crippen LogP) is -4.04. The van der Waals surface area contributed by atoms with E-state index in [9.17, 15) is 13.2 Å². The molecule has 0 atom stereocenters. The van der Waals surface area contributed by atoms with Gasteiger partial charge in [-0.15, -0.1) is 0 Å². The Labute approximate surface area is 223 Å². The molecule has 0 aliphatic heterocycles. The Morgan fingerprint density at radius 1 is 1.17 bits per heavy atom. The molecule has 0 heterocycles. The van der Waals surface area contributed by atoms with E-state index in [1.807, 2.05) is 0 Å². The van der Waals surface area contributed by atoms with E-state index in [-0.39, 0.29) is 149 Å². The van der Waals surface area contributed by atoms with Gasteiger partial charge in [0.25, 0.3) is 6.47 Å². The Morgan fingerprint density at radius 2 is 1.56 bits per heavy atom. The summed E-state index contributed by atoms with van der Waals surface area (Å²) >= 11 is 0. The number of carbonyl (C=O) groups is 2. The molecule has 18 heavy (non-hydrogen) atoms. The summed E-state index contributed by atoms with van der Waals surface area (Å²) in [6.45, 7) is -0.181. The molecule has 1 aromatic rings. The quantitative estimate of drug-likeness (QED) is 0.233. The van der Waals surface area contributed by atoms with Crippen LogP contribution in [0, 0.1) is 0 Å². The number of carbonyl (C=O) groups excluding carboxylic acids is 2. The van der Waals surface area contributed by atoms with Crippen LogP contribution in [0.15, 0.2) is 29.2 Å². The molecule has 0 unspecified atom stereocenters. The molecule has 0 aliphatic rings. The van der Waals surface area contributed by atoms with Gasteiger partial charge in [0.15, 0.2) is 9.84 Å². The zero-order chi connectivity index (χ0) is 12.6. The fraction of sp³-hybridized carbons (Fsp3) is 0.111. The van der Waals surface area contributed by atoms with Gasteiger partial charge in [0.2, 0.25) is 0 Å². The van der Waals surface area contributed by atoms with Crippen molar-refractivity contribution in [1.82, 2.24) is 0 Å².